The summed E-state index contributed by atoms with van der Waals surface area (Å²) < 4.78 is 1.68. The lowest BCUT2D eigenvalue weighted by molar-refractivity contribution is 0.102. The molecule has 1 amide bonds. The van der Waals surface area contributed by atoms with Crippen molar-refractivity contribution in [2.45, 2.75) is 0 Å². The molecular weight excluding hydrogens is 464 g/mol. The zero-order valence-electron chi connectivity index (χ0n) is 19.3. The number of aromatic nitrogens is 7. The van der Waals surface area contributed by atoms with Crippen LogP contribution in [0.4, 0.5) is 5.69 Å². The van der Waals surface area contributed by atoms with E-state index >= 15 is 0 Å². The fourth-order valence-corrected chi connectivity index (χ4v) is 4.46. The fourth-order valence-electron chi connectivity index (χ4n) is 4.46. The average Bonchev–Trinajstić information content (AvgIpc) is 3.57. The number of carbonyl (C=O) groups is 1. The fraction of sp³-hybridized carbons (Fsp3) is 0. The molecule has 0 aliphatic rings. The minimum Gasteiger partial charge on any atom is -0.345 e. The number of benzene rings is 1. The van der Waals surface area contributed by atoms with Gasteiger partial charge in [-0.1, -0.05) is 6.07 Å². The molecule has 9 nitrogen and oxygen atoms in total. The molecule has 6 aromatic heterocycles. The highest BCUT2D eigenvalue weighted by atomic mass is 16.1. The molecule has 6 heterocycles. The normalized spacial score (nSPS) is 11.4. The number of nitrogens with zero attached hydrogens (tertiary/aromatic N) is 6. The van der Waals surface area contributed by atoms with E-state index in [1.54, 1.807) is 41.4 Å². The Morgan fingerprint density at radius 3 is 2.78 bits per heavy atom. The highest BCUT2D eigenvalue weighted by molar-refractivity contribution is 6.09. The van der Waals surface area contributed by atoms with Gasteiger partial charge in [0.1, 0.15) is 5.65 Å². The van der Waals surface area contributed by atoms with E-state index in [1.807, 2.05) is 61.1 Å². The Morgan fingerprint density at radius 2 is 1.86 bits per heavy atom. The van der Waals surface area contributed by atoms with Gasteiger partial charge in [-0.3, -0.25) is 14.8 Å². The third kappa shape index (κ3) is 3.66. The van der Waals surface area contributed by atoms with Gasteiger partial charge in [0, 0.05) is 52.9 Å². The first-order chi connectivity index (χ1) is 18.2. The molecule has 9 heteroatoms. The molecule has 7 aromatic rings. The molecule has 0 saturated heterocycles. The van der Waals surface area contributed by atoms with Crippen molar-refractivity contribution in [2.75, 3.05) is 5.32 Å². The highest BCUT2D eigenvalue weighted by Gasteiger charge is 2.16. The van der Waals surface area contributed by atoms with Gasteiger partial charge < -0.3 is 10.3 Å². The van der Waals surface area contributed by atoms with Crippen LogP contribution in [0.15, 0.2) is 98.0 Å². The van der Waals surface area contributed by atoms with Gasteiger partial charge >= 0.3 is 0 Å². The molecule has 0 saturated carbocycles. The number of amides is 1. The molecule has 0 aliphatic heterocycles. The second kappa shape index (κ2) is 8.35. The number of carbonyl (C=O) groups excluding carboxylic acids is 1. The number of hydrogen-bond donors (Lipinski definition) is 2. The number of H-pyrrole nitrogens is 1. The van der Waals surface area contributed by atoms with Gasteiger partial charge in [-0.25, -0.2) is 14.5 Å². The van der Waals surface area contributed by atoms with E-state index in [9.17, 15) is 4.79 Å². The standard InChI is InChI=1S/C28H18N8O/c37-28(34-20-4-2-8-29-13-20)23-16-33-36-10-7-17(12-25(23)36)21-14-32-27-22(21)15-31-26(35-27)19-5-6-24-18(11-19)3-1-9-30-24/h1-16H,(H,34,37)(H,31,32,35). The second-order valence-electron chi connectivity index (χ2n) is 8.57. The number of nitrogens with one attached hydrogen (secondary N) is 2. The summed E-state index contributed by atoms with van der Waals surface area (Å²) in [7, 11) is 0. The largest absolute Gasteiger partial charge is 0.345 e. The molecule has 2 N–H and O–H groups in total. The first-order valence-corrected chi connectivity index (χ1v) is 11.6. The molecule has 7 rings (SSSR count). The van der Waals surface area contributed by atoms with Gasteiger partial charge in [0.2, 0.25) is 0 Å². The van der Waals surface area contributed by atoms with Crippen LogP contribution < -0.4 is 5.32 Å². The summed E-state index contributed by atoms with van der Waals surface area (Å²) in [6.45, 7) is 0. The topological polar surface area (TPSA) is 114 Å². The molecule has 0 fully saturated rings. The van der Waals surface area contributed by atoms with Crippen molar-refractivity contribution in [3.63, 3.8) is 0 Å². The van der Waals surface area contributed by atoms with E-state index in [4.69, 9.17) is 4.98 Å². The van der Waals surface area contributed by atoms with Crippen molar-refractivity contribution in [3.05, 3.63) is 104 Å². The Balaban J connectivity index is 1.25. The SMILES string of the molecule is O=C(Nc1cccnc1)c1cnn2ccc(-c3c[nH]c4nc(-c5ccc6ncccc6c5)ncc34)cc12. The zero-order chi connectivity index (χ0) is 24.8. The quantitative estimate of drug-likeness (QED) is 0.359. The highest BCUT2D eigenvalue weighted by Crippen LogP contribution is 2.30. The lowest BCUT2D eigenvalue weighted by Gasteiger charge is -2.05. The molecule has 0 atom stereocenters. The van der Waals surface area contributed by atoms with Gasteiger partial charge in [-0.05, 0) is 54.1 Å². The average molecular weight is 483 g/mol. The lowest BCUT2D eigenvalue weighted by Crippen LogP contribution is -2.11. The predicted molar refractivity (Wildman–Crippen MR) is 141 cm³/mol. The summed E-state index contributed by atoms with van der Waals surface area (Å²) in [4.78, 5) is 34.0. The molecular formula is C28H18N8O. The Hall–Kier alpha value is -5.44. The third-order valence-corrected chi connectivity index (χ3v) is 6.29. The smallest absolute Gasteiger partial charge is 0.259 e. The molecule has 176 valence electrons. The summed E-state index contributed by atoms with van der Waals surface area (Å²) in [6.07, 6.45) is 12.2. The van der Waals surface area contributed by atoms with Crippen LogP contribution in [-0.4, -0.2) is 40.4 Å². The van der Waals surface area contributed by atoms with Crippen LogP contribution in [0.1, 0.15) is 10.4 Å². The summed E-state index contributed by atoms with van der Waals surface area (Å²) in [5.74, 6) is 0.380. The van der Waals surface area contributed by atoms with Crippen LogP contribution in [0.2, 0.25) is 0 Å². The minimum absolute atomic E-state index is 0.252. The van der Waals surface area contributed by atoms with E-state index < -0.39 is 0 Å². The maximum absolute atomic E-state index is 12.9. The molecule has 37 heavy (non-hydrogen) atoms. The summed E-state index contributed by atoms with van der Waals surface area (Å²) >= 11 is 0. The van der Waals surface area contributed by atoms with E-state index in [0.29, 0.717) is 22.6 Å². The molecule has 0 unspecified atom stereocenters. The van der Waals surface area contributed by atoms with Gasteiger partial charge in [0.15, 0.2) is 5.82 Å². The maximum atomic E-state index is 12.9. The van der Waals surface area contributed by atoms with Crippen molar-refractivity contribution in [3.8, 4) is 22.5 Å². The van der Waals surface area contributed by atoms with Crippen molar-refractivity contribution < 1.29 is 4.79 Å². The van der Waals surface area contributed by atoms with Gasteiger partial charge in [-0.15, -0.1) is 0 Å². The molecule has 0 spiro atoms. The number of anilines is 1. The van der Waals surface area contributed by atoms with Gasteiger partial charge in [0.05, 0.1) is 34.7 Å². The van der Waals surface area contributed by atoms with E-state index in [0.717, 1.165) is 38.6 Å². The van der Waals surface area contributed by atoms with Crippen LogP contribution in [0.3, 0.4) is 0 Å². The zero-order valence-corrected chi connectivity index (χ0v) is 19.3. The van der Waals surface area contributed by atoms with Crippen molar-refractivity contribution >= 4 is 39.0 Å². The summed E-state index contributed by atoms with van der Waals surface area (Å²) in [6, 6.07) is 17.4. The Kier molecular flexibility index (Phi) is 4.71. The summed E-state index contributed by atoms with van der Waals surface area (Å²) in [5.41, 5.74) is 6.21. The molecule has 0 radical (unpaired) electrons. The van der Waals surface area contributed by atoms with Crippen molar-refractivity contribution in [2.24, 2.45) is 0 Å². The molecule has 0 aliphatic carbocycles. The molecule has 1 aromatic carbocycles. The van der Waals surface area contributed by atoms with Crippen molar-refractivity contribution in [1.29, 1.82) is 0 Å². The minimum atomic E-state index is -0.252. The number of pyridine rings is 3. The molecule has 0 bridgehead atoms. The number of rotatable bonds is 4. The van der Waals surface area contributed by atoms with Crippen LogP contribution in [0.25, 0.3) is 50.0 Å². The van der Waals surface area contributed by atoms with E-state index in [-0.39, 0.29) is 5.91 Å². The summed E-state index contributed by atoms with van der Waals surface area (Å²) in [5, 5.41) is 9.13. The van der Waals surface area contributed by atoms with Crippen LogP contribution in [0, 0.1) is 0 Å². The van der Waals surface area contributed by atoms with E-state index in [1.165, 1.54) is 0 Å². The monoisotopic (exact) mass is 482 g/mol. The third-order valence-electron chi connectivity index (χ3n) is 6.29. The van der Waals surface area contributed by atoms with Crippen LogP contribution in [-0.2, 0) is 0 Å². The first-order valence-electron chi connectivity index (χ1n) is 11.6. The van der Waals surface area contributed by atoms with E-state index in [2.05, 4.69) is 30.4 Å². The first kappa shape index (κ1) is 20.9. The number of hydrogen-bond acceptors (Lipinski definition) is 6. The Labute approximate surface area is 209 Å². The number of fused-ring (bicyclic) bond motifs is 3. The Bertz CT molecular complexity index is 1940. The lowest BCUT2D eigenvalue weighted by atomic mass is 10.1. The number of aromatic amines is 1. The van der Waals surface area contributed by atoms with Crippen molar-refractivity contribution in [1.82, 2.24) is 34.5 Å². The Morgan fingerprint density at radius 1 is 0.919 bits per heavy atom. The van der Waals surface area contributed by atoms with Gasteiger partial charge in [-0.2, -0.15) is 5.10 Å². The maximum Gasteiger partial charge on any atom is 0.259 e. The van der Waals surface area contributed by atoms with Crippen LogP contribution in [0.5, 0.6) is 0 Å². The van der Waals surface area contributed by atoms with Crippen LogP contribution >= 0.6 is 0 Å². The predicted octanol–water partition coefficient (Wildman–Crippen LogP) is 5.14. The van der Waals surface area contributed by atoms with Gasteiger partial charge in [0.25, 0.3) is 5.91 Å². The second-order valence-corrected chi connectivity index (χ2v) is 8.57.